The number of rotatable bonds is 8. The summed E-state index contributed by atoms with van der Waals surface area (Å²) in [5, 5.41) is 3.03. The van der Waals surface area contributed by atoms with Crippen LogP contribution in [0.15, 0.2) is 109 Å². The van der Waals surface area contributed by atoms with Gasteiger partial charge in [0.05, 0.1) is 19.0 Å². The topological polar surface area (TPSA) is 49.4 Å². The molecule has 35 heavy (non-hydrogen) atoms. The van der Waals surface area contributed by atoms with Gasteiger partial charge in [0.2, 0.25) is 5.91 Å². The molecule has 4 aromatic carbocycles. The van der Waals surface area contributed by atoms with Crippen molar-refractivity contribution < 1.29 is 14.0 Å². The van der Waals surface area contributed by atoms with E-state index in [0.717, 1.165) is 16.7 Å². The molecule has 0 fully saturated rings. The summed E-state index contributed by atoms with van der Waals surface area (Å²) < 4.78 is 13.4. The molecule has 4 nitrogen and oxygen atoms in total. The van der Waals surface area contributed by atoms with Gasteiger partial charge in [-0.05, 0) is 60.0 Å². The van der Waals surface area contributed by atoms with E-state index in [9.17, 15) is 14.0 Å². The van der Waals surface area contributed by atoms with Crippen LogP contribution in [0.2, 0.25) is 0 Å². The highest BCUT2D eigenvalue weighted by Gasteiger charge is 2.19. The molecule has 176 valence electrons. The monoisotopic (exact) mass is 466 g/mol. The van der Waals surface area contributed by atoms with Gasteiger partial charge in [-0.25, -0.2) is 4.39 Å². The Balaban J connectivity index is 1.55. The average Bonchev–Trinajstić information content (AvgIpc) is 2.89. The van der Waals surface area contributed by atoms with Gasteiger partial charge in [-0.2, -0.15) is 0 Å². The summed E-state index contributed by atoms with van der Waals surface area (Å²) in [6.45, 7) is 2.22. The largest absolute Gasteiger partial charge is 0.349 e. The third-order valence-corrected chi connectivity index (χ3v) is 5.78. The first-order valence-electron chi connectivity index (χ1n) is 11.5. The molecule has 0 radical (unpaired) electrons. The van der Waals surface area contributed by atoms with Gasteiger partial charge in [0.25, 0.3) is 5.91 Å². The number of hydrogen-bond donors (Lipinski definition) is 1. The number of benzene rings is 4. The molecule has 4 aromatic rings. The average molecular weight is 467 g/mol. The van der Waals surface area contributed by atoms with Gasteiger partial charge in [-0.3, -0.25) is 9.59 Å². The van der Waals surface area contributed by atoms with Crippen molar-refractivity contribution in [1.29, 1.82) is 0 Å². The number of nitrogens with zero attached hydrogens (tertiary/aromatic N) is 1. The first-order valence-corrected chi connectivity index (χ1v) is 11.5. The predicted octanol–water partition coefficient (Wildman–Crippen LogP) is 6.09. The minimum Gasteiger partial charge on any atom is -0.349 e. The highest BCUT2D eigenvalue weighted by Crippen LogP contribution is 2.23. The molecule has 2 amide bonds. The van der Waals surface area contributed by atoms with Crippen LogP contribution in [-0.2, 0) is 17.8 Å². The molecule has 0 bridgehead atoms. The van der Waals surface area contributed by atoms with Gasteiger partial charge < -0.3 is 10.2 Å². The molecule has 0 aliphatic carbocycles. The lowest BCUT2D eigenvalue weighted by atomic mass is 10.1. The summed E-state index contributed by atoms with van der Waals surface area (Å²) in [5.74, 6) is -0.598. The normalized spacial score (nSPS) is 11.5. The predicted molar refractivity (Wildman–Crippen MR) is 137 cm³/mol. The number of hydrogen-bond acceptors (Lipinski definition) is 2. The fraction of sp³-hybridized carbons (Fsp3) is 0.133. The molecule has 0 saturated carbocycles. The van der Waals surface area contributed by atoms with Crippen molar-refractivity contribution >= 4 is 17.5 Å². The smallest absolute Gasteiger partial charge is 0.258 e. The molecule has 0 aliphatic heterocycles. The Morgan fingerprint density at radius 3 is 2.14 bits per heavy atom. The first kappa shape index (κ1) is 23.9. The second-order valence-electron chi connectivity index (χ2n) is 8.43. The number of carbonyl (C=O) groups is 2. The molecule has 0 saturated heterocycles. The van der Waals surface area contributed by atoms with E-state index in [-0.39, 0.29) is 36.6 Å². The molecule has 1 unspecified atom stereocenters. The van der Waals surface area contributed by atoms with Crippen LogP contribution >= 0.6 is 0 Å². The van der Waals surface area contributed by atoms with Gasteiger partial charge in [0.15, 0.2) is 0 Å². The zero-order valence-electron chi connectivity index (χ0n) is 19.5. The van der Waals surface area contributed by atoms with E-state index in [1.807, 2.05) is 79.7 Å². The maximum Gasteiger partial charge on any atom is 0.258 e. The van der Waals surface area contributed by atoms with Gasteiger partial charge in [0, 0.05) is 11.3 Å². The molecule has 0 spiro atoms. The third-order valence-electron chi connectivity index (χ3n) is 5.78. The Bertz CT molecular complexity index is 1270. The lowest BCUT2D eigenvalue weighted by molar-refractivity contribution is -0.121. The fourth-order valence-corrected chi connectivity index (χ4v) is 3.93. The second-order valence-corrected chi connectivity index (χ2v) is 8.43. The molecule has 0 aromatic heterocycles. The van der Waals surface area contributed by atoms with Crippen molar-refractivity contribution in [3.8, 4) is 0 Å². The Kier molecular flexibility index (Phi) is 7.68. The van der Waals surface area contributed by atoms with Crippen LogP contribution in [0.4, 0.5) is 10.1 Å². The lowest BCUT2D eigenvalue weighted by Crippen LogP contribution is -2.31. The summed E-state index contributed by atoms with van der Waals surface area (Å²) in [4.78, 5) is 27.8. The van der Waals surface area contributed by atoms with E-state index in [1.54, 1.807) is 29.2 Å². The maximum atomic E-state index is 13.4. The van der Waals surface area contributed by atoms with Crippen LogP contribution in [0.5, 0.6) is 0 Å². The minimum absolute atomic E-state index is 0.0991. The number of halogens is 1. The molecule has 1 atom stereocenters. The van der Waals surface area contributed by atoms with Crippen molar-refractivity contribution in [1.82, 2.24) is 5.32 Å². The summed E-state index contributed by atoms with van der Waals surface area (Å²) in [6.07, 6.45) is 0.189. The zero-order chi connectivity index (χ0) is 24.6. The molecular formula is C30H27FN2O2. The van der Waals surface area contributed by atoms with Crippen LogP contribution in [-0.4, -0.2) is 11.8 Å². The van der Waals surface area contributed by atoms with Crippen LogP contribution in [0, 0.1) is 5.82 Å². The SMILES string of the molecule is CC(NC(=O)Cc1cccc(N(Cc2ccc(F)cc2)C(=O)c2ccccc2)c1)c1ccccc1. The number of carbonyl (C=O) groups excluding carboxylic acids is 2. The van der Waals surface area contributed by atoms with E-state index in [0.29, 0.717) is 11.3 Å². The van der Waals surface area contributed by atoms with Crippen molar-refractivity contribution in [3.63, 3.8) is 0 Å². The Morgan fingerprint density at radius 2 is 1.46 bits per heavy atom. The number of anilines is 1. The number of amides is 2. The van der Waals surface area contributed by atoms with E-state index < -0.39 is 0 Å². The van der Waals surface area contributed by atoms with Gasteiger partial charge in [-0.1, -0.05) is 72.8 Å². The van der Waals surface area contributed by atoms with Crippen molar-refractivity contribution in [3.05, 3.63) is 137 Å². The summed E-state index contributed by atoms with van der Waals surface area (Å²) in [5.41, 5.74) is 3.85. The maximum absolute atomic E-state index is 13.4. The molecule has 5 heteroatoms. The van der Waals surface area contributed by atoms with Crippen molar-refractivity contribution in [2.45, 2.75) is 25.9 Å². The Labute approximate surface area is 205 Å². The molecule has 4 rings (SSSR count). The van der Waals surface area contributed by atoms with E-state index in [2.05, 4.69) is 5.32 Å². The molecule has 1 N–H and O–H groups in total. The molecule has 0 aliphatic rings. The van der Waals surface area contributed by atoms with Crippen LogP contribution in [0.3, 0.4) is 0 Å². The van der Waals surface area contributed by atoms with E-state index >= 15 is 0 Å². The van der Waals surface area contributed by atoms with Crippen molar-refractivity contribution in [2.75, 3.05) is 4.90 Å². The highest BCUT2D eigenvalue weighted by molar-refractivity contribution is 6.06. The standard InChI is InChI=1S/C30H27FN2O2/c1-22(25-10-4-2-5-11-25)32-29(34)20-24-9-8-14-28(19-24)33(21-23-15-17-27(31)18-16-23)30(35)26-12-6-3-7-13-26/h2-19,22H,20-21H2,1H3,(H,32,34). The highest BCUT2D eigenvalue weighted by atomic mass is 19.1. The lowest BCUT2D eigenvalue weighted by Gasteiger charge is -2.24. The quantitative estimate of drug-likeness (QED) is 0.341. The summed E-state index contributed by atoms with van der Waals surface area (Å²) >= 11 is 0. The van der Waals surface area contributed by atoms with E-state index in [4.69, 9.17) is 0 Å². The Hall–Kier alpha value is -4.25. The summed E-state index contributed by atoms with van der Waals surface area (Å²) in [7, 11) is 0. The van der Waals surface area contributed by atoms with E-state index in [1.165, 1.54) is 12.1 Å². The molecular weight excluding hydrogens is 439 g/mol. The Morgan fingerprint density at radius 1 is 0.800 bits per heavy atom. The third kappa shape index (κ3) is 6.42. The minimum atomic E-state index is -0.326. The first-order chi connectivity index (χ1) is 17.0. The van der Waals surface area contributed by atoms with Gasteiger partial charge in [-0.15, -0.1) is 0 Å². The number of nitrogens with one attached hydrogen (secondary N) is 1. The van der Waals surface area contributed by atoms with Gasteiger partial charge in [0.1, 0.15) is 5.82 Å². The van der Waals surface area contributed by atoms with Crippen LogP contribution in [0.1, 0.15) is 40.0 Å². The summed E-state index contributed by atoms with van der Waals surface area (Å²) in [6, 6.07) is 32.2. The second kappa shape index (κ2) is 11.3. The fourth-order valence-electron chi connectivity index (χ4n) is 3.93. The molecule has 0 heterocycles. The van der Waals surface area contributed by atoms with Crippen molar-refractivity contribution in [2.24, 2.45) is 0 Å². The van der Waals surface area contributed by atoms with Gasteiger partial charge >= 0.3 is 0 Å². The van der Waals surface area contributed by atoms with Crippen LogP contribution in [0.25, 0.3) is 0 Å². The van der Waals surface area contributed by atoms with Crippen LogP contribution < -0.4 is 10.2 Å². The zero-order valence-corrected chi connectivity index (χ0v) is 19.5.